The third-order valence-corrected chi connectivity index (χ3v) is 14.3. The smallest absolute Gasteiger partial charge is 0.256 e. The van der Waals surface area contributed by atoms with E-state index in [2.05, 4.69) is 9.98 Å². The molecule has 0 aliphatic carbocycles. The zero-order valence-electron chi connectivity index (χ0n) is 27.0. The van der Waals surface area contributed by atoms with Crippen LogP contribution in [0.5, 0.6) is 23.0 Å². The maximum absolute atomic E-state index is 14.3. The van der Waals surface area contributed by atoms with Gasteiger partial charge in [-0.3, -0.25) is 19.6 Å². The predicted octanol–water partition coefficient (Wildman–Crippen LogP) is 6.18. The summed E-state index contributed by atoms with van der Waals surface area (Å²) in [7, 11) is 3.68. The zero-order valence-corrected chi connectivity index (χ0v) is 29.5. The normalized spacial score (nSPS) is 19.9. The van der Waals surface area contributed by atoms with Crippen LogP contribution in [0.4, 0.5) is 11.4 Å². The highest BCUT2D eigenvalue weighted by Crippen LogP contribution is 2.47. The molecule has 0 spiro atoms. The van der Waals surface area contributed by atoms with E-state index < -0.39 is 7.14 Å². The predicted molar refractivity (Wildman–Crippen MR) is 190 cm³/mol. The molecule has 0 saturated carbocycles. The first-order valence-electron chi connectivity index (χ1n) is 16.0. The highest BCUT2D eigenvalue weighted by Gasteiger charge is 2.34. The molecule has 14 heteroatoms. The molecule has 0 aromatic heterocycles. The average molecular weight is 701 g/mol. The van der Waals surface area contributed by atoms with Gasteiger partial charge in [0.1, 0.15) is 0 Å². The minimum absolute atomic E-state index is 0.0104. The van der Waals surface area contributed by atoms with Crippen LogP contribution in [0.15, 0.2) is 34.3 Å². The number of hydrogen-bond acceptors (Lipinski definition) is 11. The lowest BCUT2D eigenvalue weighted by molar-refractivity contribution is 0.0766. The zero-order chi connectivity index (χ0) is 33.0. The summed E-state index contributed by atoms with van der Waals surface area (Å²) in [6, 6.07) is 6.90. The molecule has 4 aliphatic rings. The molecule has 0 radical (unpaired) electrons. The second-order valence-corrected chi connectivity index (χ2v) is 18.1. The van der Waals surface area contributed by atoms with Gasteiger partial charge in [-0.05, 0) is 44.1 Å². The van der Waals surface area contributed by atoms with Crippen LogP contribution >= 0.6 is 28.7 Å². The van der Waals surface area contributed by atoms with Crippen molar-refractivity contribution in [2.45, 2.75) is 37.8 Å². The number of nitrogens with zero attached hydrogens (tertiary/aromatic N) is 4. The number of hydrogen-bond donors (Lipinski definition) is 0. The molecule has 0 unspecified atom stereocenters. The number of methoxy groups -OCH3 is 2. The van der Waals surface area contributed by atoms with Crippen LogP contribution in [0.2, 0.25) is 0 Å². The molecule has 11 nitrogen and oxygen atoms in total. The van der Waals surface area contributed by atoms with Gasteiger partial charge in [0.15, 0.2) is 23.0 Å². The molecule has 2 fully saturated rings. The van der Waals surface area contributed by atoms with Crippen LogP contribution in [0.1, 0.15) is 46.4 Å². The standard InChI is InChI=1S/C33H41N4O7PS2/c1-41-28-16-24-26(34-20-22-6-4-8-36(22)32(24)38)18-30(28)43-10-12-45(40,14-15-47-46-3)13-11-44-31-19-27-25(17-29(31)42-2)33(39)37-9-5-7-23(37)21-35-27/h16-23H,4-15H2,1-3H3/t22-,23-/m0/s1. The van der Waals surface area contributed by atoms with E-state index in [1.165, 1.54) is 0 Å². The highest BCUT2D eigenvalue weighted by atomic mass is 33.1. The van der Waals surface area contributed by atoms with Gasteiger partial charge in [-0.1, -0.05) is 21.6 Å². The number of benzene rings is 2. The summed E-state index contributed by atoms with van der Waals surface area (Å²) in [6.07, 6.45) is 10.7. The first-order valence-corrected chi connectivity index (χ1v) is 21.0. The fourth-order valence-electron chi connectivity index (χ4n) is 6.51. The van der Waals surface area contributed by atoms with Crippen LogP contribution in [0.25, 0.3) is 0 Å². The lowest BCUT2D eigenvalue weighted by Gasteiger charge is -2.22. The first-order chi connectivity index (χ1) is 22.8. The number of fused-ring (bicyclic) bond motifs is 4. The summed E-state index contributed by atoms with van der Waals surface area (Å²) in [6.45, 7) is 1.85. The molecule has 0 bridgehead atoms. The number of rotatable bonds is 14. The van der Waals surface area contributed by atoms with Crippen LogP contribution in [-0.2, 0) is 4.57 Å². The van der Waals surface area contributed by atoms with Crippen LogP contribution < -0.4 is 18.9 Å². The monoisotopic (exact) mass is 700 g/mol. The summed E-state index contributed by atoms with van der Waals surface area (Å²) in [5.74, 6) is 2.45. The number of amides is 2. The molecule has 6 rings (SSSR count). The maximum Gasteiger partial charge on any atom is 0.256 e. The van der Waals surface area contributed by atoms with Crippen molar-refractivity contribution in [2.75, 3.05) is 71.0 Å². The van der Waals surface area contributed by atoms with Gasteiger partial charge >= 0.3 is 0 Å². The van der Waals surface area contributed by atoms with Crippen molar-refractivity contribution in [2.24, 2.45) is 9.98 Å². The van der Waals surface area contributed by atoms with Crippen molar-refractivity contribution in [1.82, 2.24) is 9.80 Å². The van der Waals surface area contributed by atoms with Crippen molar-refractivity contribution in [3.8, 4) is 23.0 Å². The van der Waals surface area contributed by atoms with Crippen molar-refractivity contribution < 1.29 is 33.1 Å². The highest BCUT2D eigenvalue weighted by molar-refractivity contribution is 8.76. The van der Waals surface area contributed by atoms with Crippen molar-refractivity contribution >= 4 is 64.3 Å². The number of ether oxygens (including phenoxy) is 4. The Balaban J connectivity index is 1.13. The Morgan fingerprint density at radius 1 is 0.766 bits per heavy atom. The molecule has 2 aromatic rings. The van der Waals surface area contributed by atoms with E-state index in [1.807, 2.05) is 28.5 Å². The van der Waals surface area contributed by atoms with Crippen LogP contribution in [0.3, 0.4) is 0 Å². The molecule has 2 aromatic carbocycles. The number of carbonyl (C=O) groups is 2. The Hall–Kier alpha value is -3.15. The number of aliphatic imine (C=N–C) groups is 2. The molecule has 4 aliphatic heterocycles. The molecule has 4 heterocycles. The SMILES string of the molecule is COc1cc2c(cc1OCCP(=O)(CCOc1cc3c(cc1OC)C(=O)N1CCC[C@H]1C=N3)CCSSC)N=C[C@@H]1CCCN1C2=O. The quantitative estimate of drug-likeness (QED) is 0.129. The molecule has 252 valence electrons. The van der Waals surface area contributed by atoms with E-state index in [-0.39, 0.29) is 37.1 Å². The van der Waals surface area contributed by atoms with Gasteiger partial charge in [0.25, 0.3) is 11.8 Å². The Morgan fingerprint density at radius 3 is 1.70 bits per heavy atom. The van der Waals surface area contributed by atoms with Gasteiger partial charge in [-0.25, -0.2) is 0 Å². The van der Waals surface area contributed by atoms with E-state index in [0.717, 1.165) is 44.5 Å². The third-order valence-electron chi connectivity index (χ3n) is 9.13. The van der Waals surface area contributed by atoms with Crippen molar-refractivity contribution in [3.63, 3.8) is 0 Å². The second kappa shape index (κ2) is 15.0. The Kier molecular flexibility index (Phi) is 10.7. The largest absolute Gasteiger partial charge is 0.493 e. The lowest BCUT2D eigenvalue weighted by atomic mass is 10.1. The van der Waals surface area contributed by atoms with Gasteiger partial charge in [0.2, 0.25) is 0 Å². The molecular weight excluding hydrogens is 659 g/mol. The molecule has 2 atom stereocenters. The topological polar surface area (TPSA) is 119 Å². The van der Waals surface area contributed by atoms with Crippen molar-refractivity contribution in [1.29, 1.82) is 0 Å². The molecular formula is C33H41N4O7PS2. The fourth-order valence-corrected chi connectivity index (χ4v) is 11.0. The van der Waals surface area contributed by atoms with Gasteiger partial charge < -0.3 is 33.3 Å². The molecule has 2 amide bonds. The Morgan fingerprint density at radius 2 is 1.26 bits per heavy atom. The average Bonchev–Trinajstić information content (AvgIpc) is 3.71. The summed E-state index contributed by atoms with van der Waals surface area (Å²) >= 11 is 0. The number of carbonyl (C=O) groups excluding carboxylic acids is 2. The van der Waals surface area contributed by atoms with Crippen LogP contribution in [-0.4, -0.2) is 117 Å². The van der Waals surface area contributed by atoms with E-state index in [9.17, 15) is 14.2 Å². The van der Waals surface area contributed by atoms with E-state index in [1.54, 1.807) is 60.1 Å². The molecule has 0 N–H and O–H groups in total. The molecule has 47 heavy (non-hydrogen) atoms. The van der Waals surface area contributed by atoms with E-state index in [4.69, 9.17) is 18.9 Å². The lowest BCUT2D eigenvalue weighted by Crippen LogP contribution is -2.35. The molecule has 2 saturated heterocycles. The summed E-state index contributed by atoms with van der Waals surface area (Å²) in [4.78, 5) is 39.4. The third kappa shape index (κ3) is 7.32. The van der Waals surface area contributed by atoms with Gasteiger partial charge in [-0.2, -0.15) is 0 Å². The van der Waals surface area contributed by atoms with Gasteiger partial charge in [-0.15, -0.1) is 0 Å². The second-order valence-electron chi connectivity index (χ2n) is 11.9. The van der Waals surface area contributed by atoms with Gasteiger partial charge in [0, 0.05) is 61.9 Å². The first kappa shape index (κ1) is 33.7. The maximum atomic E-state index is 14.3. The Bertz CT molecular complexity index is 1510. The minimum atomic E-state index is -2.72. The van der Waals surface area contributed by atoms with Crippen LogP contribution in [0, 0.1) is 0 Å². The van der Waals surface area contributed by atoms with E-state index >= 15 is 0 Å². The van der Waals surface area contributed by atoms with Crippen molar-refractivity contribution in [3.05, 3.63) is 35.4 Å². The summed E-state index contributed by atoms with van der Waals surface area (Å²) in [5.41, 5.74) is 2.09. The fraction of sp³-hybridized carbons (Fsp3) is 0.515. The summed E-state index contributed by atoms with van der Waals surface area (Å²) < 4.78 is 37.8. The summed E-state index contributed by atoms with van der Waals surface area (Å²) in [5, 5.41) is 0. The minimum Gasteiger partial charge on any atom is -0.493 e. The van der Waals surface area contributed by atoms with Gasteiger partial charge in [0.05, 0.1) is 69.2 Å². The van der Waals surface area contributed by atoms with E-state index in [0.29, 0.717) is 64.0 Å². The Labute approximate surface area is 283 Å².